The highest BCUT2D eigenvalue weighted by Gasteiger charge is 2.21. The maximum atomic E-state index is 13.1. The van der Waals surface area contributed by atoms with E-state index in [9.17, 15) is 9.18 Å². The Labute approximate surface area is 198 Å². The number of anilines is 1. The Morgan fingerprint density at radius 3 is 2.29 bits per heavy atom. The summed E-state index contributed by atoms with van der Waals surface area (Å²) in [6.07, 6.45) is 1.26. The molecule has 1 saturated heterocycles. The molecule has 6 heteroatoms. The van der Waals surface area contributed by atoms with Crippen LogP contribution in [0.1, 0.15) is 23.2 Å². The van der Waals surface area contributed by atoms with Crippen LogP contribution in [0.3, 0.4) is 0 Å². The lowest BCUT2D eigenvalue weighted by atomic mass is 10.1. The number of Topliss-reactive ketones (excluding diaryl/α,β-unsaturated/α-hetero) is 1. The van der Waals surface area contributed by atoms with Gasteiger partial charge in [-0.3, -0.25) is 9.69 Å². The van der Waals surface area contributed by atoms with Gasteiger partial charge in [0.1, 0.15) is 5.82 Å². The standard InChI is InChI=1S/C28H27FN4O/c29-23-14-12-21(13-15-23)26(34)11-6-16-32-17-19-33(20-18-32)28-30-25-10-5-4-9-24(25)27(31-28)22-7-2-1-3-8-22/h1-5,7-10,12-15H,6,11,16-20H2. The van der Waals surface area contributed by atoms with E-state index in [-0.39, 0.29) is 11.6 Å². The molecule has 5 nitrogen and oxygen atoms in total. The lowest BCUT2D eigenvalue weighted by molar-refractivity contribution is 0.0974. The van der Waals surface area contributed by atoms with E-state index in [1.165, 1.54) is 12.1 Å². The summed E-state index contributed by atoms with van der Waals surface area (Å²) in [6, 6.07) is 24.2. The fourth-order valence-electron chi connectivity index (χ4n) is 4.44. The minimum absolute atomic E-state index is 0.0663. The Balaban J connectivity index is 1.21. The smallest absolute Gasteiger partial charge is 0.226 e. The molecule has 0 amide bonds. The molecule has 0 radical (unpaired) electrons. The third-order valence-corrected chi connectivity index (χ3v) is 6.34. The monoisotopic (exact) mass is 454 g/mol. The predicted octanol–water partition coefficient (Wildman–Crippen LogP) is 5.22. The number of hydrogen-bond donors (Lipinski definition) is 0. The molecule has 0 spiro atoms. The summed E-state index contributed by atoms with van der Waals surface area (Å²) in [4.78, 5) is 26.8. The van der Waals surface area contributed by atoms with Crippen molar-refractivity contribution in [1.82, 2.24) is 14.9 Å². The Morgan fingerprint density at radius 1 is 0.824 bits per heavy atom. The summed E-state index contributed by atoms with van der Waals surface area (Å²) < 4.78 is 13.1. The Kier molecular flexibility index (Phi) is 6.58. The molecule has 0 bridgehead atoms. The topological polar surface area (TPSA) is 49.3 Å². The van der Waals surface area contributed by atoms with E-state index >= 15 is 0 Å². The van der Waals surface area contributed by atoms with Crippen LogP contribution in [0.15, 0.2) is 78.9 Å². The molecular formula is C28H27FN4O. The molecular weight excluding hydrogens is 427 g/mol. The largest absolute Gasteiger partial charge is 0.338 e. The van der Waals surface area contributed by atoms with Gasteiger partial charge in [0.05, 0.1) is 11.2 Å². The molecule has 3 aromatic carbocycles. The van der Waals surface area contributed by atoms with Crippen LogP contribution in [-0.4, -0.2) is 53.4 Å². The van der Waals surface area contributed by atoms with Gasteiger partial charge < -0.3 is 4.90 Å². The van der Waals surface area contributed by atoms with Crippen molar-refractivity contribution in [2.75, 3.05) is 37.6 Å². The average molecular weight is 455 g/mol. The number of nitrogens with zero attached hydrogens (tertiary/aromatic N) is 4. The first-order valence-corrected chi connectivity index (χ1v) is 11.8. The van der Waals surface area contributed by atoms with Crippen LogP contribution < -0.4 is 4.90 Å². The number of ketones is 1. The number of fused-ring (bicyclic) bond motifs is 1. The number of hydrogen-bond acceptors (Lipinski definition) is 5. The van der Waals surface area contributed by atoms with E-state index in [0.717, 1.165) is 67.3 Å². The zero-order chi connectivity index (χ0) is 23.3. The van der Waals surface area contributed by atoms with Crippen molar-refractivity contribution in [2.45, 2.75) is 12.8 Å². The summed E-state index contributed by atoms with van der Waals surface area (Å²) in [5.74, 6) is 0.515. The molecule has 0 aliphatic carbocycles. The second kappa shape index (κ2) is 10.1. The van der Waals surface area contributed by atoms with E-state index in [1.807, 2.05) is 36.4 Å². The lowest BCUT2D eigenvalue weighted by Gasteiger charge is -2.35. The van der Waals surface area contributed by atoms with Crippen LogP contribution in [0, 0.1) is 5.82 Å². The number of para-hydroxylation sites is 1. The van der Waals surface area contributed by atoms with Crippen molar-refractivity contribution in [3.05, 3.63) is 90.2 Å². The highest BCUT2D eigenvalue weighted by Crippen LogP contribution is 2.28. The van der Waals surface area contributed by atoms with Gasteiger partial charge in [0.25, 0.3) is 0 Å². The number of halogens is 1. The van der Waals surface area contributed by atoms with E-state index in [4.69, 9.17) is 9.97 Å². The van der Waals surface area contributed by atoms with Crippen molar-refractivity contribution < 1.29 is 9.18 Å². The summed E-state index contributed by atoms with van der Waals surface area (Å²) in [7, 11) is 0. The Hall–Kier alpha value is -3.64. The summed E-state index contributed by atoms with van der Waals surface area (Å²) in [5, 5.41) is 1.06. The van der Waals surface area contributed by atoms with Gasteiger partial charge in [-0.25, -0.2) is 14.4 Å². The lowest BCUT2D eigenvalue weighted by Crippen LogP contribution is -2.47. The van der Waals surface area contributed by atoms with Crippen molar-refractivity contribution >= 4 is 22.6 Å². The molecule has 172 valence electrons. The van der Waals surface area contributed by atoms with Crippen LogP contribution in [0.5, 0.6) is 0 Å². The van der Waals surface area contributed by atoms with Crippen LogP contribution in [0.25, 0.3) is 22.2 Å². The van der Waals surface area contributed by atoms with Crippen LogP contribution in [0.2, 0.25) is 0 Å². The minimum atomic E-state index is -0.319. The fraction of sp³-hybridized carbons (Fsp3) is 0.250. The number of carbonyl (C=O) groups excluding carboxylic acids is 1. The quantitative estimate of drug-likeness (QED) is 0.358. The third-order valence-electron chi connectivity index (χ3n) is 6.34. The highest BCUT2D eigenvalue weighted by molar-refractivity contribution is 5.96. The van der Waals surface area contributed by atoms with Gasteiger partial charge in [-0.05, 0) is 43.3 Å². The SMILES string of the molecule is O=C(CCCN1CCN(c2nc(-c3ccccc3)c3ccccc3n2)CC1)c1ccc(F)cc1. The van der Waals surface area contributed by atoms with Crippen molar-refractivity contribution in [1.29, 1.82) is 0 Å². The highest BCUT2D eigenvalue weighted by atomic mass is 19.1. The molecule has 1 aliphatic rings. The molecule has 1 aromatic heterocycles. The molecule has 5 rings (SSSR count). The number of aromatic nitrogens is 2. The van der Waals surface area contributed by atoms with Crippen molar-refractivity contribution in [2.24, 2.45) is 0 Å². The van der Waals surface area contributed by atoms with Gasteiger partial charge in [0, 0.05) is 49.1 Å². The zero-order valence-corrected chi connectivity index (χ0v) is 19.0. The number of piperazine rings is 1. The van der Waals surface area contributed by atoms with Crippen LogP contribution >= 0.6 is 0 Å². The number of rotatable bonds is 7. The molecule has 2 heterocycles. The summed E-state index contributed by atoms with van der Waals surface area (Å²) in [5.41, 5.74) is 3.58. The van der Waals surface area contributed by atoms with E-state index < -0.39 is 0 Å². The van der Waals surface area contributed by atoms with Crippen molar-refractivity contribution in [3.63, 3.8) is 0 Å². The van der Waals surface area contributed by atoms with Gasteiger partial charge in [-0.2, -0.15) is 0 Å². The maximum absolute atomic E-state index is 13.1. The van der Waals surface area contributed by atoms with Gasteiger partial charge in [-0.15, -0.1) is 0 Å². The molecule has 4 aromatic rings. The third kappa shape index (κ3) is 4.97. The molecule has 0 atom stereocenters. The first-order chi connectivity index (χ1) is 16.7. The molecule has 1 aliphatic heterocycles. The molecule has 0 N–H and O–H groups in total. The minimum Gasteiger partial charge on any atom is -0.338 e. The number of carbonyl (C=O) groups is 1. The zero-order valence-electron chi connectivity index (χ0n) is 19.0. The first-order valence-electron chi connectivity index (χ1n) is 11.8. The van der Waals surface area contributed by atoms with E-state index in [0.29, 0.717) is 12.0 Å². The summed E-state index contributed by atoms with van der Waals surface area (Å²) >= 11 is 0. The normalized spacial score (nSPS) is 14.4. The van der Waals surface area contributed by atoms with Gasteiger partial charge >= 0.3 is 0 Å². The van der Waals surface area contributed by atoms with Crippen LogP contribution in [-0.2, 0) is 0 Å². The summed E-state index contributed by atoms with van der Waals surface area (Å²) in [6.45, 7) is 4.37. The van der Waals surface area contributed by atoms with E-state index in [2.05, 4.69) is 28.0 Å². The Morgan fingerprint density at radius 2 is 1.53 bits per heavy atom. The second-order valence-corrected chi connectivity index (χ2v) is 8.62. The fourth-order valence-corrected chi connectivity index (χ4v) is 4.44. The van der Waals surface area contributed by atoms with Crippen molar-refractivity contribution in [3.8, 4) is 11.3 Å². The molecule has 1 fully saturated rings. The maximum Gasteiger partial charge on any atom is 0.226 e. The van der Waals surface area contributed by atoms with Crippen LogP contribution in [0.4, 0.5) is 10.3 Å². The average Bonchev–Trinajstić information content (AvgIpc) is 2.89. The molecule has 34 heavy (non-hydrogen) atoms. The number of benzene rings is 3. The van der Waals surface area contributed by atoms with Gasteiger partial charge in [0.15, 0.2) is 5.78 Å². The first kappa shape index (κ1) is 22.2. The predicted molar refractivity (Wildman–Crippen MR) is 134 cm³/mol. The molecule has 0 unspecified atom stereocenters. The van der Waals surface area contributed by atoms with Gasteiger partial charge in [-0.1, -0.05) is 48.5 Å². The Bertz CT molecular complexity index is 1270. The van der Waals surface area contributed by atoms with E-state index in [1.54, 1.807) is 12.1 Å². The molecule has 0 saturated carbocycles. The van der Waals surface area contributed by atoms with Gasteiger partial charge in [0.2, 0.25) is 5.95 Å². The second-order valence-electron chi connectivity index (χ2n) is 8.62.